The summed E-state index contributed by atoms with van der Waals surface area (Å²) in [7, 11) is 0. The standard InChI is InChI=1S/C15H14N2O5/c16-13(18)7-1-3-8(4-2-7)17-14(19)11-9-5-6-10(22-9)12(11)15(20)21/h1-6,9-12H,(H2,16,18)(H,17,19)(H,20,21)/t9-,10+,11+,12+/m1/s1. The van der Waals surface area contributed by atoms with Gasteiger partial charge < -0.3 is 20.9 Å². The van der Waals surface area contributed by atoms with Crippen LogP contribution in [0.4, 0.5) is 5.69 Å². The third kappa shape index (κ3) is 2.35. The Hall–Kier alpha value is -2.67. The number of carboxylic acid groups (broad SMARTS) is 1. The highest BCUT2D eigenvalue weighted by atomic mass is 16.5. The maximum Gasteiger partial charge on any atom is 0.310 e. The van der Waals surface area contributed by atoms with Crippen LogP contribution in [0.5, 0.6) is 0 Å². The second-order valence-electron chi connectivity index (χ2n) is 5.27. The van der Waals surface area contributed by atoms with Crippen LogP contribution in [-0.4, -0.2) is 35.1 Å². The number of carbonyl (C=O) groups excluding carboxylic acids is 2. The van der Waals surface area contributed by atoms with E-state index in [1.165, 1.54) is 24.3 Å². The van der Waals surface area contributed by atoms with Crippen LogP contribution in [0.15, 0.2) is 36.4 Å². The first-order chi connectivity index (χ1) is 10.5. The van der Waals surface area contributed by atoms with Crippen molar-refractivity contribution in [2.75, 3.05) is 5.32 Å². The van der Waals surface area contributed by atoms with Gasteiger partial charge in [0.1, 0.15) is 5.92 Å². The number of aliphatic carboxylic acids is 1. The number of amides is 2. The summed E-state index contributed by atoms with van der Waals surface area (Å²) in [5, 5.41) is 11.9. The summed E-state index contributed by atoms with van der Waals surface area (Å²) in [5.41, 5.74) is 5.93. The highest BCUT2D eigenvalue weighted by Crippen LogP contribution is 2.39. The predicted octanol–water partition coefficient (Wildman–Crippen LogP) is 0.378. The highest BCUT2D eigenvalue weighted by Gasteiger charge is 2.53. The van der Waals surface area contributed by atoms with Crippen molar-refractivity contribution in [1.82, 2.24) is 0 Å². The molecule has 4 atom stereocenters. The molecule has 1 saturated heterocycles. The number of nitrogens with two attached hydrogens (primary N) is 1. The number of primary amides is 1. The van der Waals surface area contributed by atoms with Crippen molar-refractivity contribution in [3.8, 4) is 0 Å². The summed E-state index contributed by atoms with van der Waals surface area (Å²) in [6.07, 6.45) is 2.31. The Labute approximate surface area is 125 Å². The fourth-order valence-electron chi connectivity index (χ4n) is 2.86. The van der Waals surface area contributed by atoms with Gasteiger partial charge in [-0.3, -0.25) is 14.4 Å². The second-order valence-corrected chi connectivity index (χ2v) is 5.27. The van der Waals surface area contributed by atoms with Gasteiger partial charge in [0.25, 0.3) is 0 Å². The van der Waals surface area contributed by atoms with Crippen LogP contribution in [0.3, 0.4) is 0 Å². The van der Waals surface area contributed by atoms with Gasteiger partial charge in [0.05, 0.1) is 18.1 Å². The van der Waals surface area contributed by atoms with Crippen molar-refractivity contribution in [1.29, 1.82) is 0 Å². The first-order valence-corrected chi connectivity index (χ1v) is 6.74. The molecule has 22 heavy (non-hydrogen) atoms. The fraction of sp³-hybridized carbons (Fsp3) is 0.267. The van der Waals surface area contributed by atoms with Gasteiger partial charge in [-0.05, 0) is 24.3 Å². The zero-order valence-corrected chi connectivity index (χ0v) is 11.4. The third-order valence-corrected chi connectivity index (χ3v) is 3.92. The van der Waals surface area contributed by atoms with E-state index in [2.05, 4.69) is 5.32 Å². The average molecular weight is 302 g/mol. The quantitative estimate of drug-likeness (QED) is 0.695. The van der Waals surface area contributed by atoms with Crippen LogP contribution < -0.4 is 11.1 Å². The normalized spacial score (nSPS) is 28.5. The molecular weight excluding hydrogens is 288 g/mol. The number of hydrogen-bond acceptors (Lipinski definition) is 4. The maximum absolute atomic E-state index is 12.4. The molecule has 1 aromatic carbocycles. The maximum atomic E-state index is 12.4. The predicted molar refractivity (Wildman–Crippen MR) is 76.0 cm³/mol. The van der Waals surface area contributed by atoms with E-state index in [0.717, 1.165) is 0 Å². The van der Waals surface area contributed by atoms with E-state index >= 15 is 0 Å². The van der Waals surface area contributed by atoms with Crippen LogP contribution >= 0.6 is 0 Å². The molecule has 0 radical (unpaired) electrons. The van der Waals surface area contributed by atoms with E-state index in [9.17, 15) is 19.5 Å². The van der Waals surface area contributed by atoms with E-state index in [1.807, 2.05) is 0 Å². The number of nitrogens with one attached hydrogen (secondary N) is 1. The van der Waals surface area contributed by atoms with Gasteiger partial charge in [-0.15, -0.1) is 0 Å². The Morgan fingerprint density at radius 1 is 1.05 bits per heavy atom. The smallest absolute Gasteiger partial charge is 0.310 e. The number of anilines is 1. The monoisotopic (exact) mass is 302 g/mol. The Morgan fingerprint density at radius 3 is 2.18 bits per heavy atom. The fourth-order valence-corrected chi connectivity index (χ4v) is 2.86. The molecule has 2 aliphatic heterocycles. The zero-order valence-electron chi connectivity index (χ0n) is 11.4. The number of hydrogen-bond donors (Lipinski definition) is 3. The molecule has 114 valence electrons. The largest absolute Gasteiger partial charge is 0.481 e. The number of fused-ring (bicyclic) bond motifs is 2. The van der Waals surface area contributed by atoms with E-state index in [0.29, 0.717) is 11.3 Å². The molecule has 2 aliphatic rings. The molecule has 2 amide bonds. The summed E-state index contributed by atoms with van der Waals surface area (Å²) < 4.78 is 5.45. The Kier molecular flexibility index (Phi) is 3.42. The van der Waals surface area contributed by atoms with Gasteiger partial charge in [0, 0.05) is 11.3 Å². The van der Waals surface area contributed by atoms with Crippen molar-refractivity contribution < 1.29 is 24.2 Å². The molecule has 3 rings (SSSR count). The number of rotatable bonds is 4. The van der Waals surface area contributed by atoms with Crippen LogP contribution in [0.1, 0.15) is 10.4 Å². The summed E-state index contributed by atoms with van der Waals surface area (Å²) in [5.74, 6) is -3.70. The van der Waals surface area contributed by atoms with Gasteiger partial charge in [0.2, 0.25) is 11.8 Å². The molecular formula is C15H14N2O5. The van der Waals surface area contributed by atoms with Crippen molar-refractivity contribution in [3.05, 3.63) is 42.0 Å². The van der Waals surface area contributed by atoms with Crippen molar-refractivity contribution in [3.63, 3.8) is 0 Å². The molecule has 7 nitrogen and oxygen atoms in total. The SMILES string of the molecule is NC(=O)c1ccc(NC(=O)[C@@H]2[C@@H](C(=O)O)[C@@H]3C=C[C@H]2O3)cc1. The van der Waals surface area contributed by atoms with E-state index in [-0.39, 0.29) is 0 Å². The molecule has 1 aromatic rings. The van der Waals surface area contributed by atoms with Gasteiger partial charge >= 0.3 is 5.97 Å². The van der Waals surface area contributed by atoms with Gasteiger partial charge in [-0.25, -0.2) is 0 Å². The van der Waals surface area contributed by atoms with Gasteiger partial charge in [-0.1, -0.05) is 12.2 Å². The Morgan fingerprint density at radius 2 is 1.64 bits per heavy atom. The van der Waals surface area contributed by atoms with Crippen LogP contribution in [0.25, 0.3) is 0 Å². The molecule has 4 N–H and O–H groups in total. The van der Waals surface area contributed by atoms with Gasteiger partial charge in [0.15, 0.2) is 0 Å². The summed E-state index contributed by atoms with van der Waals surface area (Å²) in [4.78, 5) is 34.7. The van der Waals surface area contributed by atoms with Gasteiger partial charge in [-0.2, -0.15) is 0 Å². The zero-order chi connectivity index (χ0) is 15.9. The lowest BCUT2D eigenvalue weighted by Crippen LogP contribution is -2.39. The van der Waals surface area contributed by atoms with Crippen molar-refractivity contribution >= 4 is 23.5 Å². The highest BCUT2D eigenvalue weighted by molar-refractivity contribution is 5.97. The summed E-state index contributed by atoms with van der Waals surface area (Å²) in [6, 6.07) is 6.06. The lowest BCUT2D eigenvalue weighted by Gasteiger charge is -2.21. The molecule has 2 bridgehead atoms. The molecule has 2 heterocycles. The Balaban J connectivity index is 1.75. The Bertz CT molecular complexity index is 667. The van der Waals surface area contributed by atoms with E-state index in [4.69, 9.17) is 10.5 Å². The topological polar surface area (TPSA) is 119 Å². The molecule has 0 spiro atoms. The number of carbonyl (C=O) groups is 3. The minimum atomic E-state index is -1.05. The van der Waals surface area contributed by atoms with E-state index in [1.54, 1.807) is 12.2 Å². The number of carboxylic acids is 1. The first-order valence-electron chi connectivity index (χ1n) is 6.74. The first kappa shape index (κ1) is 14.3. The number of ether oxygens (including phenoxy) is 1. The molecule has 7 heteroatoms. The molecule has 0 aliphatic carbocycles. The summed E-state index contributed by atoms with van der Waals surface area (Å²) >= 11 is 0. The van der Waals surface area contributed by atoms with Crippen molar-refractivity contribution in [2.24, 2.45) is 17.6 Å². The molecule has 0 unspecified atom stereocenters. The lowest BCUT2D eigenvalue weighted by molar-refractivity contribution is -0.145. The molecule has 1 fully saturated rings. The minimum absolute atomic E-state index is 0.326. The minimum Gasteiger partial charge on any atom is -0.481 e. The van der Waals surface area contributed by atoms with E-state index < -0.39 is 41.8 Å². The lowest BCUT2D eigenvalue weighted by atomic mass is 9.82. The van der Waals surface area contributed by atoms with Crippen molar-refractivity contribution in [2.45, 2.75) is 12.2 Å². The second kappa shape index (κ2) is 5.27. The average Bonchev–Trinajstić information content (AvgIpc) is 3.08. The van der Waals surface area contributed by atoms with Crippen LogP contribution in [0.2, 0.25) is 0 Å². The summed E-state index contributed by atoms with van der Waals surface area (Å²) in [6.45, 7) is 0. The molecule has 0 saturated carbocycles. The molecule has 0 aromatic heterocycles. The number of benzene rings is 1. The van der Waals surface area contributed by atoms with Crippen LogP contribution in [-0.2, 0) is 14.3 Å². The van der Waals surface area contributed by atoms with Crippen LogP contribution in [0, 0.1) is 11.8 Å². The third-order valence-electron chi connectivity index (χ3n) is 3.92.